The van der Waals surface area contributed by atoms with Gasteiger partial charge in [-0.3, -0.25) is 9.98 Å². The first kappa shape index (κ1) is 30.4. The molecule has 0 radical (unpaired) electrons. The van der Waals surface area contributed by atoms with Gasteiger partial charge in [-0.15, -0.1) is 0 Å². The van der Waals surface area contributed by atoms with Crippen molar-refractivity contribution in [1.82, 2.24) is 25.2 Å². The zero-order valence-electron chi connectivity index (χ0n) is 23.5. The molecular formula is C30H36ClF2N7O. The van der Waals surface area contributed by atoms with Crippen LogP contribution in [0.3, 0.4) is 0 Å². The first-order valence-electron chi connectivity index (χ1n) is 13.7. The van der Waals surface area contributed by atoms with Crippen molar-refractivity contribution in [2.45, 2.75) is 58.5 Å². The highest BCUT2D eigenvalue weighted by molar-refractivity contribution is 6.31. The number of amidine groups is 1. The molecule has 4 aromatic rings. The maximum atomic E-state index is 15.1. The number of benzene rings is 2. The summed E-state index contributed by atoms with van der Waals surface area (Å²) in [6.45, 7) is 6.81. The zero-order valence-corrected chi connectivity index (χ0v) is 24.2. The third-order valence-electron chi connectivity index (χ3n) is 6.93. The van der Waals surface area contributed by atoms with Crippen LogP contribution >= 0.6 is 11.6 Å². The van der Waals surface area contributed by atoms with Crippen molar-refractivity contribution in [3.05, 3.63) is 80.9 Å². The maximum absolute atomic E-state index is 15.1. The van der Waals surface area contributed by atoms with Crippen LogP contribution in [0.1, 0.15) is 57.2 Å². The lowest BCUT2D eigenvalue weighted by atomic mass is 10.0. The second-order valence-electron chi connectivity index (χ2n) is 10.5. The third-order valence-corrected chi connectivity index (χ3v) is 7.21. The minimum Gasteiger partial charge on any atom is -0.374 e. The van der Waals surface area contributed by atoms with E-state index in [2.05, 4.69) is 20.6 Å². The number of aryl methyl sites for hydroxylation is 1. The van der Waals surface area contributed by atoms with Gasteiger partial charge < -0.3 is 21.4 Å². The zero-order chi connectivity index (χ0) is 29.7. The average Bonchev–Trinajstić information content (AvgIpc) is 3.31. The number of hydrogen-bond donors (Lipinski definition) is 5. The molecule has 0 spiro atoms. The van der Waals surface area contributed by atoms with E-state index in [1.54, 1.807) is 43.5 Å². The number of hydrogen-bond acceptors (Lipinski definition) is 5. The smallest absolute Gasteiger partial charge is 0.354 e. The summed E-state index contributed by atoms with van der Waals surface area (Å²) in [6, 6.07) is 9.53. The van der Waals surface area contributed by atoms with Crippen molar-refractivity contribution < 1.29 is 8.78 Å². The predicted molar refractivity (Wildman–Crippen MR) is 161 cm³/mol. The van der Waals surface area contributed by atoms with Crippen molar-refractivity contribution in [3.8, 4) is 16.9 Å². The number of nitrogens with one attached hydrogen (secondary N) is 4. The second-order valence-corrected chi connectivity index (χ2v) is 10.9. The van der Waals surface area contributed by atoms with Crippen LogP contribution < -0.4 is 22.1 Å². The molecule has 11 heteroatoms. The van der Waals surface area contributed by atoms with E-state index in [1.165, 1.54) is 10.6 Å². The molecule has 0 unspecified atom stereocenters. The molecule has 0 aliphatic carbocycles. The summed E-state index contributed by atoms with van der Waals surface area (Å²) >= 11 is 6.21. The predicted octanol–water partition coefficient (Wildman–Crippen LogP) is 5.61. The largest absolute Gasteiger partial charge is 0.374 e. The molecule has 0 aliphatic heterocycles. The minimum absolute atomic E-state index is 0.0156. The highest BCUT2D eigenvalue weighted by atomic mass is 35.5. The summed E-state index contributed by atoms with van der Waals surface area (Å²) in [5, 5.41) is 14.2. The summed E-state index contributed by atoms with van der Waals surface area (Å²) in [4.78, 5) is 20.0. The van der Waals surface area contributed by atoms with Crippen LogP contribution in [0.4, 0.5) is 8.78 Å². The van der Waals surface area contributed by atoms with Crippen molar-refractivity contribution in [2.75, 3.05) is 13.1 Å². The maximum Gasteiger partial charge on any atom is 0.354 e. The van der Waals surface area contributed by atoms with E-state index in [1.807, 2.05) is 13.8 Å². The Morgan fingerprint density at radius 3 is 2.66 bits per heavy atom. The fourth-order valence-electron chi connectivity index (χ4n) is 4.75. The van der Waals surface area contributed by atoms with Crippen LogP contribution in [0.25, 0.3) is 28.0 Å². The lowest BCUT2D eigenvalue weighted by Crippen LogP contribution is -2.26. The normalized spacial score (nSPS) is 13.0. The highest BCUT2D eigenvalue weighted by Gasteiger charge is 2.17. The van der Waals surface area contributed by atoms with Crippen molar-refractivity contribution in [2.24, 2.45) is 5.73 Å². The first-order chi connectivity index (χ1) is 19.5. The monoisotopic (exact) mass is 583 g/mol. The van der Waals surface area contributed by atoms with Gasteiger partial charge in [-0.1, -0.05) is 17.7 Å². The van der Waals surface area contributed by atoms with Crippen LogP contribution in [0.5, 0.6) is 0 Å². The summed E-state index contributed by atoms with van der Waals surface area (Å²) in [6.07, 6.45) is 4.74. The van der Waals surface area contributed by atoms with Crippen LogP contribution in [0, 0.1) is 17.0 Å². The molecule has 218 valence electrons. The number of aromatic nitrogens is 3. The molecule has 8 nitrogen and oxygen atoms in total. The molecule has 2 heterocycles. The third kappa shape index (κ3) is 7.58. The van der Waals surface area contributed by atoms with Gasteiger partial charge in [0.1, 0.15) is 11.5 Å². The number of rotatable bonds is 12. The van der Waals surface area contributed by atoms with Gasteiger partial charge in [-0.05, 0) is 88.9 Å². The number of fused-ring (bicyclic) bond motifs is 1. The Morgan fingerprint density at radius 1 is 1.17 bits per heavy atom. The topological polar surface area (TPSA) is 125 Å². The Balaban J connectivity index is 1.56. The van der Waals surface area contributed by atoms with Gasteiger partial charge in [0.05, 0.1) is 22.2 Å². The lowest BCUT2D eigenvalue weighted by molar-refractivity contribution is 0.519. The lowest BCUT2D eigenvalue weighted by Gasteiger charge is -2.16. The molecule has 4 rings (SSSR count). The Labute approximate surface area is 242 Å². The molecule has 2 aromatic carbocycles. The fraction of sp³-hybridized carbons (Fsp3) is 0.367. The van der Waals surface area contributed by atoms with Gasteiger partial charge in [0.25, 0.3) is 0 Å². The van der Waals surface area contributed by atoms with E-state index in [0.29, 0.717) is 53.3 Å². The van der Waals surface area contributed by atoms with Gasteiger partial charge in [0, 0.05) is 41.3 Å². The standard InChI is InChI=1S/C30H36ClF2N7O/c1-17(34)6-4-7-20-12-24(28(33)25(31)13-20)27-14-21-16-40(30(41)39-29(21)38-27)22-8-9-23(26(32)15-22)18(2)36-10-5-11-37-19(3)35/h8-9,12-18,36H,4-7,10-11,34H2,1-3H3,(H2,35,37)(H,38,39,41)/t17-,18+/m0/s1. The van der Waals surface area contributed by atoms with Gasteiger partial charge in [0.15, 0.2) is 5.82 Å². The Kier molecular flexibility index (Phi) is 9.90. The molecule has 0 fully saturated rings. The quantitative estimate of drug-likeness (QED) is 0.0842. The van der Waals surface area contributed by atoms with E-state index in [-0.39, 0.29) is 22.7 Å². The highest BCUT2D eigenvalue weighted by Crippen LogP contribution is 2.31. The summed E-state index contributed by atoms with van der Waals surface area (Å²) < 4.78 is 31.4. The Morgan fingerprint density at radius 2 is 1.95 bits per heavy atom. The SMILES string of the molecule is CC(=N)NCCCN[C@H](C)c1ccc(-n2cc3cc(-c4cc(CCC[C@H](C)N)cc(Cl)c4F)[nH]c3nc2=O)cc1F. The van der Waals surface area contributed by atoms with E-state index >= 15 is 8.78 Å². The number of H-pyrrole nitrogens is 1. The fourth-order valence-corrected chi connectivity index (χ4v) is 4.99. The van der Waals surface area contributed by atoms with Gasteiger partial charge in [-0.25, -0.2) is 13.6 Å². The Bertz CT molecular complexity index is 1600. The average molecular weight is 584 g/mol. The molecular weight excluding hydrogens is 548 g/mol. The minimum atomic E-state index is -0.596. The first-order valence-corrected chi connectivity index (χ1v) is 14.1. The molecule has 0 aliphatic rings. The van der Waals surface area contributed by atoms with Crippen LogP contribution in [-0.2, 0) is 6.42 Å². The van der Waals surface area contributed by atoms with Gasteiger partial charge in [0.2, 0.25) is 0 Å². The van der Waals surface area contributed by atoms with E-state index in [0.717, 1.165) is 24.8 Å². The molecule has 0 saturated carbocycles. The number of halogens is 3. The molecule has 0 amide bonds. The molecule has 0 saturated heterocycles. The molecule has 6 N–H and O–H groups in total. The summed E-state index contributed by atoms with van der Waals surface area (Å²) in [7, 11) is 0. The summed E-state index contributed by atoms with van der Waals surface area (Å²) in [5.74, 6) is -0.603. The second kappa shape index (κ2) is 13.4. The van der Waals surface area contributed by atoms with Crippen molar-refractivity contribution in [1.29, 1.82) is 5.41 Å². The molecule has 0 bridgehead atoms. The Hall–Kier alpha value is -3.60. The molecule has 41 heavy (non-hydrogen) atoms. The van der Waals surface area contributed by atoms with Crippen molar-refractivity contribution >= 4 is 28.5 Å². The van der Waals surface area contributed by atoms with E-state index in [4.69, 9.17) is 22.7 Å². The van der Waals surface area contributed by atoms with Crippen LogP contribution in [-0.4, -0.2) is 39.5 Å². The van der Waals surface area contributed by atoms with Crippen LogP contribution in [0.2, 0.25) is 5.02 Å². The van der Waals surface area contributed by atoms with Crippen molar-refractivity contribution in [3.63, 3.8) is 0 Å². The van der Waals surface area contributed by atoms with E-state index in [9.17, 15) is 4.79 Å². The van der Waals surface area contributed by atoms with Crippen LogP contribution in [0.15, 0.2) is 47.4 Å². The molecule has 2 aromatic heterocycles. The number of nitrogens with zero attached hydrogens (tertiary/aromatic N) is 2. The molecule has 2 atom stereocenters. The van der Waals surface area contributed by atoms with Gasteiger partial charge >= 0.3 is 5.69 Å². The number of nitrogens with two attached hydrogens (primary N) is 1. The summed E-state index contributed by atoms with van der Waals surface area (Å²) in [5.41, 5.74) is 7.95. The van der Waals surface area contributed by atoms with E-state index < -0.39 is 17.3 Å². The number of aromatic amines is 1. The van der Waals surface area contributed by atoms with Gasteiger partial charge in [-0.2, -0.15) is 4.98 Å².